The molecule has 0 unspecified atom stereocenters. The Bertz CT molecular complexity index is 977. The van der Waals surface area contributed by atoms with Crippen LogP contribution >= 0.6 is 0 Å². The number of hydrogen-bond donors (Lipinski definition) is 0. The van der Waals surface area contributed by atoms with Gasteiger partial charge >= 0.3 is 5.97 Å². The Hall–Kier alpha value is -2.35. The molecular weight excluding hydrogens is 370 g/mol. The molecule has 0 N–H and O–H groups in total. The molecule has 1 fully saturated rings. The third-order valence-electron chi connectivity index (χ3n) is 4.91. The highest BCUT2D eigenvalue weighted by Gasteiger charge is 2.35. The molecule has 8 heteroatoms. The zero-order chi connectivity index (χ0) is 19.8. The van der Waals surface area contributed by atoms with E-state index in [9.17, 15) is 18.0 Å². The maximum atomic E-state index is 12.5. The average Bonchev–Trinajstić information content (AvgIpc) is 3.16. The van der Waals surface area contributed by atoms with E-state index < -0.39 is 27.8 Å². The van der Waals surface area contributed by atoms with Gasteiger partial charge in [0.1, 0.15) is 5.58 Å². The number of carbonyl (C=O) groups is 2. The highest BCUT2D eigenvalue weighted by atomic mass is 32.2. The number of sulfone groups is 1. The summed E-state index contributed by atoms with van der Waals surface area (Å²) in [6, 6.07) is 5.34. The molecule has 2 atom stereocenters. The van der Waals surface area contributed by atoms with Crippen LogP contribution in [0.25, 0.3) is 11.0 Å². The Morgan fingerprint density at radius 3 is 2.78 bits per heavy atom. The molecule has 0 radical (unpaired) electrons. The molecule has 2 heterocycles. The monoisotopic (exact) mass is 393 g/mol. The van der Waals surface area contributed by atoms with Crippen LogP contribution in [-0.2, 0) is 30.6 Å². The molecule has 1 saturated heterocycles. The molecule has 3 rings (SSSR count). The lowest BCUT2D eigenvalue weighted by molar-refractivity contribution is -0.158. The number of aryl methyl sites for hydroxylation is 1. The standard InChI is InChI=1S/C19H23NO6S/c1-12-4-5-16-14(10-25-17(16)8-12)9-18(21)26-13(2)19(22)20(3)15-6-7-27(23,24)11-15/h4-5,8,10,13,15H,6-7,9,11H2,1-3H3/t13-,15+/m0/s1. The second-order valence-electron chi connectivity index (χ2n) is 7.08. The predicted molar refractivity (Wildman–Crippen MR) is 100 cm³/mol. The summed E-state index contributed by atoms with van der Waals surface area (Å²) in [4.78, 5) is 26.1. The van der Waals surface area contributed by atoms with E-state index in [2.05, 4.69) is 0 Å². The van der Waals surface area contributed by atoms with Crippen LogP contribution in [0.1, 0.15) is 24.5 Å². The number of amides is 1. The van der Waals surface area contributed by atoms with Gasteiger partial charge in [-0.05, 0) is 31.9 Å². The largest absolute Gasteiger partial charge is 0.464 e. The summed E-state index contributed by atoms with van der Waals surface area (Å²) in [5.74, 6) is -0.906. The minimum absolute atomic E-state index is 0.00476. The highest BCUT2D eigenvalue weighted by molar-refractivity contribution is 7.91. The van der Waals surface area contributed by atoms with E-state index in [1.54, 1.807) is 7.05 Å². The van der Waals surface area contributed by atoms with Crippen molar-refractivity contribution in [3.05, 3.63) is 35.6 Å². The Morgan fingerprint density at radius 2 is 2.11 bits per heavy atom. The number of likely N-dealkylation sites (N-methyl/N-ethyl adjacent to an activating group) is 1. The maximum Gasteiger partial charge on any atom is 0.311 e. The van der Waals surface area contributed by atoms with E-state index in [1.807, 2.05) is 25.1 Å². The fraction of sp³-hybridized carbons (Fsp3) is 0.474. The molecule has 0 bridgehead atoms. The minimum Gasteiger partial charge on any atom is -0.464 e. The fourth-order valence-electron chi connectivity index (χ4n) is 3.32. The molecular formula is C19H23NO6S. The lowest BCUT2D eigenvalue weighted by Gasteiger charge is -2.26. The van der Waals surface area contributed by atoms with E-state index >= 15 is 0 Å². The van der Waals surface area contributed by atoms with Gasteiger partial charge in [-0.2, -0.15) is 0 Å². The van der Waals surface area contributed by atoms with Crippen molar-refractivity contribution in [3.8, 4) is 0 Å². The van der Waals surface area contributed by atoms with Crippen LogP contribution in [0.4, 0.5) is 0 Å². The number of carbonyl (C=O) groups excluding carboxylic acids is 2. The van der Waals surface area contributed by atoms with Gasteiger partial charge < -0.3 is 14.1 Å². The zero-order valence-electron chi connectivity index (χ0n) is 15.6. The van der Waals surface area contributed by atoms with Crippen molar-refractivity contribution in [2.45, 2.75) is 38.8 Å². The topological polar surface area (TPSA) is 93.9 Å². The fourth-order valence-corrected chi connectivity index (χ4v) is 5.09. The van der Waals surface area contributed by atoms with Gasteiger partial charge in [-0.25, -0.2) is 8.42 Å². The molecule has 27 heavy (non-hydrogen) atoms. The molecule has 7 nitrogen and oxygen atoms in total. The van der Waals surface area contributed by atoms with E-state index in [1.165, 1.54) is 18.1 Å². The van der Waals surface area contributed by atoms with E-state index in [4.69, 9.17) is 9.15 Å². The average molecular weight is 393 g/mol. The maximum absolute atomic E-state index is 12.5. The van der Waals surface area contributed by atoms with Crippen molar-refractivity contribution >= 4 is 32.7 Å². The quantitative estimate of drug-likeness (QED) is 0.720. The van der Waals surface area contributed by atoms with Gasteiger partial charge in [0.15, 0.2) is 15.9 Å². The predicted octanol–water partition coefficient (Wildman–Crippen LogP) is 1.86. The van der Waals surface area contributed by atoms with Gasteiger partial charge in [0, 0.05) is 24.0 Å². The first-order valence-corrected chi connectivity index (χ1v) is 10.6. The number of benzene rings is 1. The van der Waals surface area contributed by atoms with Crippen molar-refractivity contribution < 1.29 is 27.2 Å². The number of esters is 1. The van der Waals surface area contributed by atoms with Gasteiger partial charge in [0.05, 0.1) is 24.2 Å². The SMILES string of the molecule is Cc1ccc2c(CC(=O)O[C@@H](C)C(=O)N(C)[C@@H]3CCS(=O)(=O)C3)coc2c1. The van der Waals surface area contributed by atoms with Crippen molar-refractivity contribution in [1.29, 1.82) is 0 Å². The van der Waals surface area contributed by atoms with Crippen molar-refractivity contribution in [2.75, 3.05) is 18.6 Å². The van der Waals surface area contributed by atoms with Crippen LogP contribution in [0.5, 0.6) is 0 Å². The molecule has 1 aliphatic heterocycles. The lowest BCUT2D eigenvalue weighted by atomic mass is 10.1. The molecule has 0 spiro atoms. The Morgan fingerprint density at radius 1 is 1.37 bits per heavy atom. The van der Waals surface area contributed by atoms with Gasteiger partial charge in [-0.1, -0.05) is 12.1 Å². The number of hydrogen-bond acceptors (Lipinski definition) is 6. The summed E-state index contributed by atoms with van der Waals surface area (Å²) in [6.07, 6.45) is 0.944. The highest BCUT2D eigenvalue weighted by Crippen LogP contribution is 2.23. The summed E-state index contributed by atoms with van der Waals surface area (Å²) < 4.78 is 33.9. The summed E-state index contributed by atoms with van der Waals surface area (Å²) in [5.41, 5.74) is 2.45. The Labute approximate surface area is 158 Å². The number of nitrogens with zero attached hydrogens (tertiary/aromatic N) is 1. The Kier molecular flexibility index (Phi) is 5.28. The molecule has 146 valence electrons. The summed E-state index contributed by atoms with van der Waals surface area (Å²) in [6.45, 7) is 3.45. The van der Waals surface area contributed by atoms with Crippen molar-refractivity contribution in [2.24, 2.45) is 0 Å². The van der Waals surface area contributed by atoms with E-state index in [0.717, 1.165) is 10.9 Å². The lowest BCUT2D eigenvalue weighted by Crippen LogP contribution is -2.44. The number of furan rings is 1. The van der Waals surface area contributed by atoms with Crippen LogP contribution in [0.2, 0.25) is 0 Å². The van der Waals surface area contributed by atoms with Crippen molar-refractivity contribution in [3.63, 3.8) is 0 Å². The van der Waals surface area contributed by atoms with Gasteiger partial charge in [-0.3, -0.25) is 9.59 Å². The van der Waals surface area contributed by atoms with Crippen LogP contribution < -0.4 is 0 Å². The molecule has 1 aromatic heterocycles. The Balaban J connectivity index is 1.60. The summed E-state index contributed by atoms with van der Waals surface area (Å²) >= 11 is 0. The first-order valence-electron chi connectivity index (χ1n) is 8.79. The van der Waals surface area contributed by atoms with Crippen LogP contribution in [0.3, 0.4) is 0 Å². The third kappa shape index (κ3) is 4.32. The van der Waals surface area contributed by atoms with Gasteiger partial charge in [0.25, 0.3) is 5.91 Å². The normalized spacial score (nSPS) is 19.7. The molecule has 0 saturated carbocycles. The van der Waals surface area contributed by atoms with Gasteiger partial charge in [-0.15, -0.1) is 0 Å². The van der Waals surface area contributed by atoms with Crippen molar-refractivity contribution in [1.82, 2.24) is 4.90 Å². The first kappa shape index (κ1) is 19.4. The second-order valence-corrected chi connectivity index (χ2v) is 9.30. The first-order chi connectivity index (χ1) is 12.7. The molecule has 1 amide bonds. The van der Waals surface area contributed by atoms with E-state index in [0.29, 0.717) is 17.6 Å². The van der Waals surface area contributed by atoms with Crippen LogP contribution in [-0.4, -0.2) is 55.9 Å². The summed E-state index contributed by atoms with van der Waals surface area (Å²) in [7, 11) is -1.55. The minimum atomic E-state index is -3.09. The molecule has 1 aromatic carbocycles. The van der Waals surface area contributed by atoms with Crippen LogP contribution in [0.15, 0.2) is 28.9 Å². The smallest absolute Gasteiger partial charge is 0.311 e. The number of fused-ring (bicyclic) bond motifs is 1. The molecule has 1 aliphatic rings. The van der Waals surface area contributed by atoms with E-state index in [-0.39, 0.29) is 24.0 Å². The number of ether oxygens (including phenoxy) is 1. The molecule has 0 aliphatic carbocycles. The third-order valence-corrected chi connectivity index (χ3v) is 6.66. The molecule has 2 aromatic rings. The number of rotatable bonds is 5. The summed E-state index contributed by atoms with van der Waals surface area (Å²) in [5, 5.41) is 0.838. The second kappa shape index (κ2) is 7.34. The van der Waals surface area contributed by atoms with Crippen LogP contribution in [0, 0.1) is 6.92 Å². The zero-order valence-corrected chi connectivity index (χ0v) is 16.4. The van der Waals surface area contributed by atoms with Gasteiger partial charge in [0.2, 0.25) is 0 Å².